The van der Waals surface area contributed by atoms with Crippen molar-refractivity contribution in [3.63, 3.8) is 0 Å². The van der Waals surface area contributed by atoms with Gasteiger partial charge in [-0.2, -0.15) is 5.10 Å². The largest absolute Gasteiger partial charge is 0.366 e. The minimum Gasteiger partial charge on any atom is -0.366 e. The maximum atomic E-state index is 12.6. The van der Waals surface area contributed by atoms with Crippen molar-refractivity contribution in [2.45, 2.75) is 44.7 Å². The Morgan fingerprint density at radius 1 is 1.27 bits per heavy atom. The quantitative estimate of drug-likeness (QED) is 0.757. The van der Waals surface area contributed by atoms with Gasteiger partial charge in [0, 0.05) is 35.6 Å². The molecule has 4 heterocycles. The van der Waals surface area contributed by atoms with Crippen molar-refractivity contribution in [1.82, 2.24) is 25.5 Å². The van der Waals surface area contributed by atoms with E-state index in [4.69, 9.17) is 0 Å². The predicted molar refractivity (Wildman–Crippen MR) is 99.9 cm³/mol. The number of pyridine rings is 1. The number of hydrogen-bond donors (Lipinski definition) is 2. The monoisotopic (exact) mass is 350 g/mol. The number of nitrogens with zero attached hydrogens (tertiary/aromatic N) is 4. The van der Waals surface area contributed by atoms with Crippen molar-refractivity contribution in [2.24, 2.45) is 5.92 Å². The SMILES string of the molecule is CC1CCC(C(=O)NC2CC2)CN1c1cnnc2cnc3[nH]ccc3c12. The molecule has 1 saturated carbocycles. The van der Waals surface area contributed by atoms with E-state index < -0.39 is 0 Å². The number of rotatable bonds is 3. The van der Waals surface area contributed by atoms with Crippen LogP contribution in [0.25, 0.3) is 21.9 Å². The molecular weight excluding hydrogens is 328 g/mol. The Hall–Kier alpha value is -2.70. The van der Waals surface area contributed by atoms with Gasteiger partial charge in [0.25, 0.3) is 0 Å². The highest BCUT2D eigenvalue weighted by molar-refractivity contribution is 6.09. The van der Waals surface area contributed by atoms with E-state index in [9.17, 15) is 4.79 Å². The molecule has 1 aliphatic carbocycles. The number of piperidine rings is 1. The van der Waals surface area contributed by atoms with Crippen LogP contribution in [0, 0.1) is 5.92 Å². The van der Waals surface area contributed by atoms with E-state index in [2.05, 4.69) is 37.3 Å². The first-order valence-electron chi connectivity index (χ1n) is 9.35. The van der Waals surface area contributed by atoms with E-state index in [1.807, 2.05) is 18.5 Å². The van der Waals surface area contributed by atoms with Crippen LogP contribution in [-0.2, 0) is 4.79 Å². The van der Waals surface area contributed by atoms with Crippen LogP contribution in [0.5, 0.6) is 0 Å². The fraction of sp³-hybridized carbons (Fsp3) is 0.474. The first-order chi connectivity index (χ1) is 12.7. The second kappa shape index (κ2) is 5.93. The Balaban J connectivity index is 1.54. The second-order valence-electron chi connectivity index (χ2n) is 7.55. The molecule has 0 bridgehead atoms. The van der Waals surface area contributed by atoms with Crippen LogP contribution in [0.2, 0.25) is 0 Å². The van der Waals surface area contributed by atoms with Crippen LogP contribution in [-0.4, -0.2) is 44.7 Å². The van der Waals surface area contributed by atoms with Gasteiger partial charge in [0.1, 0.15) is 11.2 Å². The summed E-state index contributed by atoms with van der Waals surface area (Å²) in [6.45, 7) is 2.94. The minimum absolute atomic E-state index is 0.0265. The van der Waals surface area contributed by atoms with Crippen LogP contribution in [0.15, 0.2) is 24.7 Å². The van der Waals surface area contributed by atoms with Gasteiger partial charge in [-0.1, -0.05) is 0 Å². The molecular formula is C19H22N6O. The molecule has 3 aromatic rings. The third-order valence-electron chi connectivity index (χ3n) is 5.65. The number of anilines is 1. The maximum absolute atomic E-state index is 12.6. The first-order valence-corrected chi connectivity index (χ1v) is 9.35. The van der Waals surface area contributed by atoms with Gasteiger partial charge >= 0.3 is 0 Å². The standard InChI is InChI=1S/C19H22N6O/c1-11-2-3-12(19(26)23-13-4-5-13)10-25(11)16-9-22-24-15-8-21-18-14(17(15)16)6-7-20-18/h6-9,11-13H,2-5,10H2,1H3,(H,20,21)(H,23,26). The molecule has 134 valence electrons. The summed E-state index contributed by atoms with van der Waals surface area (Å²) in [6.07, 6.45) is 9.66. The zero-order chi connectivity index (χ0) is 17.7. The summed E-state index contributed by atoms with van der Waals surface area (Å²) in [5.41, 5.74) is 2.67. The van der Waals surface area contributed by atoms with Crippen LogP contribution in [0.1, 0.15) is 32.6 Å². The number of aromatic amines is 1. The van der Waals surface area contributed by atoms with Crippen molar-refractivity contribution in [3.8, 4) is 0 Å². The van der Waals surface area contributed by atoms with Gasteiger partial charge in [-0.25, -0.2) is 4.98 Å². The zero-order valence-corrected chi connectivity index (χ0v) is 14.8. The van der Waals surface area contributed by atoms with Gasteiger partial charge in [-0.05, 0) is 38.7 Å². The number of nitrogens with one attached hydrogen (secondary N) is 2. The van der Waals surface area contributed by atoms with Crippen molar-refractivity contribution < 1.29 is 4.79 Å². The molecule has 7 heteroatoms. The number of amides is 1. The summed E-state index contributed by atoms with van der Waals surface area (Å²) in [6, 6.07) is 2.79. The van der Waals surface area contributed by atoms with Gasteiger partial charge in [0.05, 0.1) is 24.0 Å². The number of aromatic nitrogens is 4. The molecule has 1 aliphatic heterocycles. The lowest BCUT2D eigenvalue weighted by Gasteiger charge is -2.39. The lowest BCUT2D eigenvalue weighted by atomic mass is 9.91. The smallest absolute Gasteiger partial charge is 0.225 e. The van der Waals surface area contributed by atoms with E-state index in [0.717, 1.165) is 59.9 Å². The summed E-state index contributed by atoms with van der Waals surface area (Å²) in [4.78, 5) is 22.5. The normalized spacial score (nSPS) is 23.5. The number of H-pyrrole nitrogens is 1. The molecule has 7 nitrogen and oxygen atoms in total. The van der Waals surface area contributed by atoms with Crippen molar-refractivity contribution >= 4 is 33.5 Å². The molecule has 2 atom stereocenters. The Morgan fingerprint density at radius 2 is 2.15 bits per heavy atom. The number of carbonyl (C=O) groups is 1. The van der Waals surface area contributed by atoms with Gasteiger partial charge in [-0.3, -0.25) is 4.79 Å². The molecule has 0 radical (unpaired) electrons. The fourth-order valence-corrected chi connectivity index (χ4v) is 3.97. The van der Waals surface area contributed by atoms with E-state index in [1.54, 1.807) is 6.20 Å². The molecule has 0 aromatic carbocycles. The first kappa shape index (κ1) is 15.5. The van der Waals surface area contributed by atoms with Gasteiger partial charge in [0.15, 0.2) is 0 Å². The summed E-state index contributed by atoms with van der Waals surface area (Å²) >= 11 is 0. The van der Waals surface area contributed by atoms with Crippen molar-refractivity contribution in [2.75, 3.05) is 11.4 Å². The Labute approximate surface area is 151 Å². The highest BCUT2D eigenvalue weighted by Crippen LogP contribution is 2.35. The van der Waals surface area contributed by atoms with E-state index in [-0.39, 0.29) is 11.8 Å². The second-order valence-corrected chi connectivity index (χ2v) is 7.55. The average molecular weight is 350 g/mol. The molecule has 26 heavy (non-hydrogen) atoms. The average Bonchev–Trinajstić information content (AvgIpc) is 3.33. The predicted octanol–water partition coefficient (Wildman–Crippen LogP) is 2.39. The van der Waals surface area contributed by atoms with Crippen LogP contribution in [0.3, 0.4) is 0 Å². The third-order valence-corrected chi connectivity index (χ3v) is 5.65. The summed E-state index contributed by atoms with van der Waals surface area (Å²) in [5.74, 6) is 0.225. The highest BCUT2D eigenvalue weighted by Gasteiger charge is 2.33. The minimum atomic E-state index is 0.0265. The summed E-state index contributed by atoms with van der Waals surface area (Å²) in [7, 11) is 0. The zero-order valence-electron chi connectivity index (χ0n) is 14.8. The third kappa shape index (κ3) is 2.58. The molecule has 5 rings (SSSR count). The number of carbonyl (C=O) groups excluding carboxylic acids is 1. The van der Waals surface area contributed by atoms with Gasteiger partial charge in [0.2, 0.25) is 5.91 Å². The molecule has 2 N–H and O–H groups in total. The number of fused-ring (bicyclic) bond motifs is 3. The summed E-state index contributed by atoms with van der Waals surface area (Å²) in [5, 5.41) is 13.7. The topological polar surface area (TPSA) is 86.8 Å². The molecule has 1 amide bonds. The van der Waals surface area contributed by atoms with Crippen molar-refractivity contribution in [1.29, 1.82) is 0 Å². The molecule has 3 aromatic heterocycles. The Morgan fingerprint density at radius 3 is 3.00 bits per heavy atom. The molecule has 2 aliphatic rings. The fourth-order valence-electron chi connectivity index (χ4n) is 3.97. The van der Waals surface area contributed by atoms with E-state index in [0.29, 0.717) is 12.1 Å². The lowest BCUT2D eigenvalue weighted by molar-refractivity contribution is -0.125. The highest BCUT2D eigenvalue weighted by atomic mass is 16.2. The number of hydrogen-bond acceptors (Lipinski definition) is 5. The van der Waals surface area contributed by atoms with Gasteiger partial charge < -0.3 is 15.2 Å². The van der Waals surface area contributed by atoms with Gasteiger partial charge in [-0.15, -0.1) is 5.10 Å². The molecule has 0 spiro atoms. The van der Waals surface area contributed by atoms with Crippen molar-refractivity contribution in [3.05, 3.63) is 24.7 Å². The van der Waals surface area contributed by atoms with E-state index >= 15 is 0 Å². The molecule has 1 saturated heterocycles. The lowest BCUT2D eigenvalue weighted by Crippen LogP contribution is -2.47. The Bertz CT molecular complexity index is 978. The van der Waals surface area contributed by atoms with Crippen LogP contribution < -0.4 is 10.2 Å². The summed E-state index contributed by atoms with van der Waals surface area (Å²) < 4.78 is 0. The Kier molecular flexibility index (Phi) is 3.55. The van der Waals surface area contributed by atoms with E-state index in [1.165, 1.54) is 0 Å². The maximum Gasteiger partial charge on any atom is 0.225 e. The molecule has 2 unspecified atom stereocenters. The molecule has 2 fully saturated rings. The van der Waals surface area contributed by atoms with Crippen LogP contribution in [0.4, 0.5) is 5.69 Å². The van der Waals surface area contributed by atoms with Crippen LogP contribution >= 0.6 is 0 Å².